The second-order valence-corrected chi connectivity index (χ2v) is 5.30. The van der Waals surface area contributed by atoms with E-state index in [0.717, 1.165) is 5.75 Å². The second-order valence-electron chi connectivity index (χ2n) is 5.30. The molecule has 0 spiro atoms. The fourth-order valence-electron chi connectivity index (χ4n) is 2.33. The molecule has 2 heteroatoms. The van der Waals surface area contributed by atoms with E-state index >= 15 is 0 Å². The molecule has 0 amide bonds. The van der Waals surface area contributed by atoms with E-state index in [-0.39, 0.29) is 6.04 Å². The highest BCUT2D eigenvalue weighted by Gasteiger charge is 2.11. The number of benzene rings is 2. The molecule has 2 atom stereocenters. The summed E-state index contributed by atoms with van der Waals surface area (Å²) in [6.45, 7) is 6.49. The fourth-order valence-corrected chi connectivity index (χ4v) is 2.33. The molecule has 1 unspecified atom stereocenters. The normalized spacial score (nSPS) is 13.8. The number of hydrogen-bond donors (Lipinski definition) is 1. The van der Waals surface area contributed by atoms with Gasteiger partial charge in [0.15, 0.2) is 0 Å². The van der Waals surface area contributed by atoms with Crippen molar-refractivity contribution in [2.45, 2.75) is 32.9 Å². The molecule has 20 heavy (non-hydrogen) atoms. The Balaban J connectivity index is 2.06. The summed E-state index contributed by atoms with van der Waals surface area (Å²) in [5, 5.41) is 3.63. The van der Waals surface area contributed by atoms with Gasteiger partial charge in [0.2, 0.25) is 0 Å². The van der Waals surface area contributed by atoms with Crippen LogP contribution < -0.4 is 10.1 Å². The lowest BCUT2D eigenvalue weighted by molar-refractivity contribution is 0.412. The van der Waals surface area contributed by atoms with Gasteiger partial charge in [-0.15, -0.1) is 0 Å². The van der Waals surface area contributed by atoms with Crippen molar-refractivity contribution >= 4 is 0 Å². The lowest BCUT2D eigenvalue weighted by Gasteiger charge is -2.21. The van der Waals surface area contributed by atoms with E-state index in [1.54, 1.807) is 7.11 Å². The third-order valence-electron chi connectivity index (χ3n) is 3.67. The summed E-state index contributed by atoms with van der Waals surface area (Å²) in [7, 11) is 1.70. The molecule has 0 bridgehead atoms. The number of ether oxygens (including phenoxy) is 1. The van der Waals surface area contributed by atoms with Crippen molar-refractivity contribution in [3.8, 4) is 5.75 Å². The molecule has 2 aromatic carbocycles. The highest BCUT2D eigenvalue weighted by molar-refractivity contribution is 5.31. The van der Waals surface area contributed by atoms with Crippen LogP contribution >= 0.6 is 0 Å². The summed E-state index contributed by atoms with van der Waals surface area (Å²) in [5.41, 5.74) is 3.84. The molecule has 0 saturated carbocycles. The molecule has 0 aromatic heterocycles. The summed E-state index contributed by atoms with van der Waals surface area (Å²) in [6.07, 6.45) is 0. The van der Waals surface area contributed by atoms with Crippen LogP contribution in [0, 0.1) is 6.92 Å². The molecule has 0 aliphatic carbocycles. The van der Waals surface area contributed by atoms with Crippen LogP contribution in [0.25, 0.3) is 0 Å². The Kier molecular flexibility index (Phi) is 4.80. The van der Waals surface area contributed by atoms with E-state index in [0.29, 0.717) is 6.04 Å². The molecule has 2 nitrogen and oxygen atoms in total. The van der Waals surface area contributed by atoms with Gasteiger partial charge in [-0.1, -0.05) is 42.0 Å². The van der Waals surface area contributed by atoms with Gasteiger partial charge in [-0.2, -0.15) is 0 Å². The number of methoxy groups -OCH3 is 1. The molecule has 0 fully saturated rings. The third-order valence-corrected chi connectivity index (χ3v) is 3.67. The average Bonchev–Trinajstić information content (AvgIpc) is 2.47. The van der Waals surface area contributed by atoms with Crippen LogP contribution in [0.4, 0.5) is 0 Å². The molecule has 0 heterocycles. The Labute approximate surface area is 121 Å². The van der Waals surface area contributed by atoms with Crippen molar-refractivity contribution < 1.29 is 4.74 Å². The first-order chi connectivity index (χ1) is 9.60. The molecule has 0 radical (unpaired) electrons. The van der Waals surface area contributed by atoms with Gasteiger partial charge in [0.05, 0.1) is 7.11 Å². The Morgan fingerprint density at radius 2 is 1.55 bits per heavy atom. The zero-order valence-electron chi connectivity index (χ0n) is 12.7. The van der Waals surface area contributed by atoms with Crippen molar-refractivity contribution in [2.75, 3.05) is 7.11 Å². The van der Waals surface area contributed by atoms with Crippen molar-refractivity contribution in [3.05, 3.63) is 65.2 Å². The number of aryl methyl sites for hydroxylation is 1. The van der Waals surface area contributed by atoms with E-state index in [4.69, 9.17) is 4.74 Å². The summed E-state index contributed by atoms with van der Waals surface area (Å²) in [4.78, 5) is 0. The van der Waals surface area contributed by atoms with E-state index < -0.39 is 0 Å². The number of rotatable bonds is 5. The highest BCUT2D eigenvalue weighted by atomic mass is 16.5. The minimum Gasteiger partial charge on any atom is -0.497 e. The number of nitrogens with one attached hydrogen (secondary N) is 1. The minimum atomic E-state index is 0.279. The number of hydrogen-bond acceptors (Lipinski definition) is 2. The Morgan fingerprint density at radius 1 is 0.900 bits per heavy atom. The van der Waals surface area contributed by atoms with Gasteiger partial charge in [-0.05, 0) is 44.0 Å². The van der Waals surface area contributed by atoms with Crippen LogP contribution in [0.3, 0.4) is 0 Å². The van der Waals surface area contributed by atoms with Gasteiger partial charge in [-0.25, -0.2) is 0 Å². The lowest BCUT2D eigenvalue weighted by Crippen LogP contribution is -2.22. The first kappa shape index (κ1) is 14.6. The Hall–Kier alpha value is -1.80. The molecule has 2 aromatic rings. The van der Waals surface area contributed by atoms with Gasteiger partial charge in [0.1, 0.15) is 5.75 Å². The summed E-state index contributed by atoms with van der Waals surface area (Å²) < 4.78 is 5.28. The van der Waals surface area contributed by atoms with Crippen LogP contribution in [-0.4, -0.2) is 7.11 Å². The van der Waals surface area contributed by atoms with Gasteiger partial charge >= 0.3 is 0 Å². The second kappa shape index (κ2) is 6.58. The maximum absolute atomic E-state index is 5.28. The topological polar surface area (TPSA) is 21.3 Å². The predicted molar refractivity (Wildman–Crippen MR) is 84.1 cm³/mol. The van der Waals surface area contributed by atoms with E-state index in [1.807, 2.05) is 12.1 Å². The van der Waals surface area contributed by atoms with Gasteiger partial charge < -0.3 is 10.1 Å². The zero-order chi connectivity index (χ0) is 14.5. The summed E-state index contributed by atoms with van der Waals surface area (Å²) in [5.74, 6) is 0.902. The van der Waals surface area contributed by atoms with Crippen LogP contribution in [0.2, 0.25) is 0 Å². The monoisotopic (exact) mass is 269 g/mol. The maximum atomic E-state index is 5.28. The molecule has 1 N–H and O–H groups in total. The van der Waals surface area contributed by atoms with Crippen molar-refractivity contribution in [3.63, 3.8) is 0 Å². The highest BCUT2D eigenvalue weighted by Crippen LogP contribution is 2.22. The first-order valence-corrected chi connectivity index (χ1v) is 7.06. The first-order valence-electron chi connectivity index (χ1n) is 7.06. The van der Waals surface area contributed by atoms with Gasteiger partial charge in [0.25, 0.3) is 0 Å². The van der Waals surface area contributed by atoms with Crippen LogP contribution in [0.5, 0.6) is 5.75 Å². The predicted octanol–water partition coefficient (Wildman–Crippen LogP) is 4.42. The Bertz CT molecular complexity index is 548. The molecule has 0 aliphatic heterocycles. The zero-order valence-corrected chi connectivity index (χ0v) is 12.7. The largest absolute Gasteiger partial charge is 0.497 e. The van der Waals surface area contributed by atoms with E-state index in [2.05, 4.69) is 62.5 Å². The summed E-state index contributed by atoms with van der Waals surface area (Å²) in [6, 6.07) is 17.5. The molecule has 0 aliphatic rings. The van der Waals surface area contributed by atoms with Crippen molar-refractivity contribution in [2.24, 2.45) is 0 Å². The Morgan fingerprint density at radius 3 is 2.20 bits per heavy atom. The van der Waals surface area contributed by atoms with Crippen LogP contribution in [0.15, 0.2) is 48.5 Å². The van der Waals surface area contributed by atoms with Crippen molar-refractivity contribution in [1.82, 2.24) is 5.32 Å². The molecular weight excluding hydrogens is 246 g/mol. The van der Waals surface area contributed by atoms with Gasteiger partial charge in [0, 0.05) is 12.1 Å². The summed E-state index contributed by atoms with van der Waals surface area (Å²) >= 11 is 0. The van der Waals surface area contributed by atoms with Crippen LogP contribution in [0.1, 0.15) is 42.6 Å². The minimum absolute atomic E-state index is 0.279. The molecular formula is C18H23NO. The molecule has 0 saturated heterocycles. The fraction of sp³-hybridized carbons (Fsp3) is 0.333. The van der Waals surface area contributed by atoms with Crippen LogP contribution in [-0.2, 0) is 0 Å². The SMILES string of the molecule is COc1cccc(C(C)N[C@@H](C)c2ccc(C)cc2)c1. The van der Waals surface area contributed by atoms with Gasteiger partial charge in [-0.3, -0.25) is 0 Å². The lowest BCUT2D eigenvalue weighted by atomic mass is 10.0. The quantitative estimate of drug-likeness (QED) is 0.867. The smallest absolute Gasteiger partial charge is 0.119 e. The average molecular weight is 269 g/mol. The molecule has 2 rings (SSSR count). The molecule has 106 valence electrons. The maximum Gasteiger partial charge on any atom is 0.119 e. The van der Waals surface area contributed by atoms with E-state index in [9.17, 15) is 0 Å². The standard InChI is InChI=1S/C18H23NO/c1-13-8-10-16(11-9-13)14(2)19-15(3)17-6-5-7-18(12-17)20-4/h5-12,14-15,19H,1-4H3/t14-,15?/m0/s1. The van der Waals surface area contributed by atoms with E-state index in [1.165, 1.54) is 16.7 Å². The third kappa shape index (κ3) is 3.61. The van der Waals surface area contributed by atoms with Crippen molar-refractivity contribution in [1.29, 1.82) is 0 Å².